The lowest BCUT2D eigenvalue weighted by atomic mass is 10.0. The van der Waals surface area contributed by atoms with Crippen LogP contribution in [-0.4, -0.2) is 49.9 Å². The van der Waals surface area contributed by atoms with Gasteiger partial charge in [-0.3, -0.25) is 0 Å². The molecule has 0 atom stereocenters. The molecule has 0 radical (unpaired) electrons. The lowest BCUT2D eigenvalue weighted by molar-refractivity contribution is 0.0730. The van der Waals surface area contributed by atoms with Gasteiger partial charge in [-0.15, -0.1) is 11.3 Å². The van der Waals surface area contributed by atoms with Crippen molar-refractivity contribution in [3.05, 3.63) is 123 Å². The largest absolute Gasteiger partial charge is 0.379 e. The highest BCUT2D eigenvalue weighted by atomic mass is 35.5. The van der Waals surface area contributed by atoms with Gasteiger partial charge in [0.2, 0.25) is 14.8 Å². The van der Waals surface area contributed by atoms with E-state index in [1.807, 2.05) is 29.6 Å². The summed E-state index contributed by atoms with van der Waals surface area (Å²) in [6.07, 6.45) is 1.70. The molecule has 2 heterocycles. The number of benzene rings is 4. The summed E-state index contributed by atoms with van der Waals surface area (Å²) >= 11 is 13.8. The highest BCUT2D eigenvalue weighted by Gasteiger charge is 2.26. The van der Waals surface area contributed by atoms with Crippen LogP contribution in [0.5, 0.6) is 0 Å². The molecule has 6 rings (SSSR count). The Kier molecular flexibility index (Phi) is 8.90. The fourth-order valence-corrected chi connectivity index (χ4v) is 7.18. The predicted octanol–water partition coefficient (Wildman–Crippen LogP) is 7.33. The van der Waals surface area contributed by atoms with Crippen LogP contribution in [0.2, 0.25) is 10.0 Å². The van der Waals surface area contributed by atoms with Crippen molar-refractivity contribution in [3.63, 3.8) is 0 Å². The zero-order valence-corrected chi connectivity index (χ0v) is 26.0. The standard InChI is InChI=1S/C32H26Cl2N4O3S2/c33-29-15-6-23(20-30(29)34)21-35-38-31(26-9-7-25(8-10-26)24-4-2-1-3-5-24)22-42-32(38)36-27-11-13-28(14-12-27)43(39,40)37-16-18-41-19-17-37/h1-15,20-22H,16-19H2/b35-21-,36-32?. The molecule has 7 nitrogen and oxygen atoms in total. The Morgan fingerprint density at radius 1 is 0.791 bits per heavy atom. The number of ether oxygens (including phenoxy) is 1. The van der Waals surface area contributed by atoms with E-state index < -0.39 is 10.0 Å². The van der Waals surface area contributed by atoms with Gasteiger partial charge in [0.05, 0.1) is 45.8 Å². The number of thiazole rings is 1. The minimum Gasteiger partial charge on any atom is -0.379 e. The second-order valence-electron chi connectivity index (χ2n) is 9.70. The third kappa shape index (κ3) is 6.67. The molecule has 43 heavy (non-hydrogen) atoms. The first-order valence-corrected chi connectivity index (χ1v) is 16.5. The van der Waals surface area contributed by atoms with Gasteiger partial charge in [-0.05, 0) is 53.1 Å². The summed E-state index contributed by atoms with van der Waals surface area (Å²) in [5.41, 5.74) is 5.46. The van der Waals surface area contributed by atoms with Gasteiger partial charge in [0.25, 0.3) is 0 Å². The van der Waals surface area contributed by atoms with Crippen molar-refractivity contribution in [2.75, 3.05) is 26.3 Å². The van der Waals surface area contributed by atoms with Gasteiger partial charge in [0, 0.05) is 24.0 Å². The first-order valence-electron chi connectivity index (χ1n) is 13.5. The zero-order chi connectivity index (χ0) is 29.8. The van der Waals surface area contributed by atoms with Crippen LogP contribution >= 0.6 is 34.5 Å². The second-order valence-corrected chi connectivity index (χ2v) is 13.3. The second kappa shape index (κ2) is 13.0. The molecular weight excluding hydrogens is 623 g/mol. The van der Waals surface area contributed by atoms with Crippen molar-refractivity contribution >= 4 is 56.5 Å². The molecular formula is C32H26Cl2N4O3S2. The summed E-state index contributed by atoms with van der Waals surface area (Å²) in [4.78, 5) is 5.66. The predicted molar refractivity (Wildman–Crippen MR) is 174 cm³/mol. The summed E-state index contributed by atoms with van der Waals surface area (Å²) in [6, 6.07) is 30.4. The van der Waals surface area contributed by atoms with Crippen molar-refractivity contribution in [1.82, 2.24) is 8.98 Å². The van der Waals surface area contributed by atoms with Gasteiger partial charge in [0.1, 0.15) is 0 Å². The zero-order valence-electron chi connectivity index (χ0n) is 22.8. The van der Waals surface area contributed by atoms with E-state index in [0.29, 0.717) is 46.8 Å². The smallest absolute Gasteiger partial charge is 0.243 e. The van der Waals surface area contributed by atoms with Crippen LogP contribution in [0.1, 0.15) is 5.56 Å². The molecule has 0 amide bonds. The topological polar surface area (TPSA) is 76.3 Å². The summed E-state index contributed by atoms with van der Waals surface area (Å²) in [6.45, 7) is 1.47. The van der Waals surface area contributed by atoms with Crippen molar-refractivity contribution < 1.29 is 13.2 Å². The molecule has 4 aromatic carbocycles. The van der Waals surface area contributed by atoms with E-state index in [0.717, 1.165) is 27.9 Å². The molecule has 1 aliphatic heterocycles. The third-order valence-corrected chi connectivity index (χ3v) is 10.4. The quantitative estimate of drug-likeness (QED) is 0.173. The lowest BCUT2D eigenvalue weighted by Crippen LogP contribution is -2.40. The van der Waals surface area contributed by atoms with E-state index in [1.165, 1.54) is 15.6 Å². The molecule has 1 aromatic heterocycles. The Balaban J connectivity index is 1.37. The molecule has 0 bridgehead atoms. The average Bonchev–Trinajstić information content (AvgIpc) is 3.44. The Morgan fingerprint density at radius 2 is 1.47 bits per heavy atom. The highest BCUT2D eigenvalue weighted by Crippen LogP contribution is 2.27. The van der Waals surface area contributed by atoms with Gasteiger partial charge in [-0.1, -0.05) is 83.9 Å². The van der Waals surface area contributed by atoms with Crippen molar-refractivity contribution in [3.8, 4) is 22.4 Å². The van der Waals surface area contributed by atoms with E-state index in [9.17, 15) is 8.42 Å². The number of halogens is 2. The molecule has 1 fully saturated rings. The van der Waals surface area contributed by atoms with Gasteiger partial charge in [-0.2, -0.15) is 9.41 Å². The maximum atomic E-state index is 13.1. The fourth-order valence-electron chi connectivity index (χ4n) is 4.61. The maximum absolute atomic E-state index is 13.1. The minimum absolute atomic E-state index is 0.226. The number of sulfonamides is 1. The van der Waals surface area contributed by atoms with E-state index >= 15 is 0 Å². The van der Waals surface area contributed by atoms with E-state index in [1.54, 1.807) is 47.3 Å². The number of morpholine rings is 1. The molecule has 0 unspecified atom stereocenters. The van der Waals surface area contributed by atoms with Crippen LogP contribution in [0.3, 0.4) is 0 Å². The molecule has 0 spiro atoms. The first-order chi connectivity index (χ1) is 20.9. The number of aromatic nitrogens is 1. The molecule has 11 heteroatoms. The Hall–Kier alpha value is -3.57. The number of hydrogen-bond acceptors (Lipinski definition) is 6. The first kappa shape index (κ1) is 29.5. The number of hydrogen-bond donors (Lipinski definition) is 0. The molecule has 0 saturated carbocycles. The minimum atomic E-state index is -3.60. The number of rotatable bonds is 7. The van der Waals surface area contributed by atoms with E-state index in [-0.39, 0.29) is 4.90 Å². The van der Waals surface area contributed by atoms with Crippen LogP contribution < -0.4 is 4.80 Å². The normalized spacial score (nSPS) is 14.9. The van der Waals surface area contributed by atoms with Gasteiger partial charge in [-0.25, -0.2) is 18.1 Å². The SMILES string of the molecule is O=S(=O)(c1ccc(N=c2scc(-c3ccc(-c4ccccc4)cc3)n2/N=C\c2ccc(Cl)c(Cl)c2)cc1)N1CCOCC1. The average molecular weight is 650 g/mol. The van der Waals surface area contributed by atoms with Gasteiger partial charge < -0.3 is 4.74 Å². The molecule has 1 saturated heterocycles. The van der Waals surface area contributed by atoms with Crippen LogP contribution in [0.25, 0.3) is 22.4 Å². The van der Waals surface area contributed by atoms with E-state index in [4.69, 9.17) is 38.0 Å². The van der Waals surface area contributed by atoms with Crippen LogP contribution in [0, 0.1) is 0 Å². The van der Waals surface area contributed by atoms with Gasteiger partial charge in [0.15, 0.2) is 0 Å². The number of nitrogens with zero attached hydrogens (tertiary/aromatic N) is 4. The lowest BCUT2D eigenvalue weighted by Gasteiger charge is -2.26. The third-order valence-electron chi connectivity index (χ3n) is 6.91. The summed E-state index contributed by atoms with van der Waals surface area (Å²) < 4.78 is 34.6. The Labute approximate surface area is 264 Å². The van der Waals surface area contributed by atoms with Crippen molar-refractivity contribution in [1.29, 1.82) is 0 Å². The Bertz CT molecular complexity index is 1930. The van der Waals surface area contributed by atoms with E-state index in [2.05, 4.69) is 36.4 Å². The van der Waals surface area contributed by atoms with Crippen molar-refractivity contribution in [2.24, 2.45) is 10.1 Å². The van der Waals surface area contributed by atoms with Crippen LogP contribution in [-0.2, 0) is 14.8 Å². The molecule has 1 aliphatic rings. The maximum Gasteiger partial charge on any atom is 0.243 e. The van der Waals surface area contributed by atoms with Crippen molar-refractivity contribution in [2.45, 2.75) is 4.90 Å². The fraction of sp³-hybridized carbons (Fsp3) is 0.125. The van der Waals surface area contributed by atoms with Gasteiger partial charge >= 0.3 is 0 Å². The molecule has 218 valence electrons. The summed E-state index contributed by atoms with van der Waals surface area (Å²) in [5.74, 6) is 0. The monoisotopic (exact) mass is 648 g/mol. The Morgan fingerprint density at radius 3 is 2.16 bits per heavy atom. The molecule has 0 N–H and O–H groups in total. The van der Waals surface area contributed by atoms with Crippen LogP contribution in [0.15, 0.2) is 117 Å². The summed E-state index contributed by atoms with van der Waals surface area (Å²) in [7, 11) is -3.60. The highest BCUT2D eigenvalue weighted by molar-refractivity contribution is 7.89. The molecule has 0 aliphatic carbocycles. The molecule has 5 aromatic rings. The summed E-state index contributed by atoms with van der Waals surface area (Å²) in [5, 5.41) is 7.68. The van der Waals surface area contributed by atoms with Crippen LogP contribution in [0.4, 0.5) is 5.69 Å².